The first-order chi connectivity index (χ1) is 9.51. The maximum Gasteiger partial charge on any atom is 0.133 e. The first kappa shape index (κ1) is 15.4. The van der Waals surface area contributed by atoms with Crippen molar-refractivity contribution in [2.75, 3.05) is 7.11 Å². The van der Waals surface area contributed by atoms with Crippen molar-refractivity contribution in [2.45, 2.75) is 11.2 Å². The molecule has 0 N–H and O–H groups in total. The lowest BCUT2D eigenvalue weighted by Gasteiger charge is -2.13. The Bertz CT molecular complexity index is 617. The summed E-state index contributed by atoms with van der Waals surface area (Å²) < 4.78 is 32.5. The highest BCUT2D eigenvalue weighted by Gasteiger charge is 2.13. The van der Waals surface area contributed by atoms with Gasteiger partial charge >= 0.3 is 0 Å². The summed E-state index contributed by atoms with van der Waals surface area (Å²) in [6.45, 7) is 0. The molecule has 5 heteroatoms. The molecule has 1 atom stereocenters. The number of methoxy groups -OCH3 is 1. The van der Waals surface area contributed by atoms with Crippen LogP contribution < -0.4 is 4.74 Å². The number of rotatable bonds is 4. The molecular weight excluding hydrogens is 394 g/mol. The Balaban J connectivity index is 2.19. The zero-order chi connectivity index (χ0) is 14.7. The molecule has 0 bridgehead atoms. The fraction of sp³-hybridized carbons (Fsp3) is 0.200. The van der Waals surface area contributed by atoms with E-state index in [1.54, 1.807) is 7.11 Å². The Kier molecular flexibility index (Phi) is 5.16. The highest BCUT2D eigenvalue weighted by Crippen LogP contribution is 2.33. The van der Waals surface area contributed by atoms with E-state index in [2.05, 4.69) is 31.9 Å². The lowest BCUT2D eigenvalue weighted by molar-refractivity contribution is 0.412. The molecule has 1 nitrogen and oxygen atoms in total. The van der Waals surface area contributed by atoms with E-state index in [9.17, 15) is 8.78 Å². The SMILES string of the molecule is COc1ccc(C(Br)Cc2ccc(F)cc2F)cc1Br. The number of benzene rings is 2. The van der Waals surface area contributed by atoms with Crippen LogP contribution in [-0.4, -0.2) is 7.11 Å². The van der Waals surface area contributed by atoms with Crippen molar-refractivity contribution in [1.29, 1.82) is 0 Å². The second-order valence-electron chi connectivity index (χ2n) is 4.30. The van der Waals surface area contributed by atoms with Crippen LogP contribution in [-0.2, 0) is 6.42 Å². The number of halogens is 4. The summed E-state index contributed by atoms with van der Waals surface area (Å²) in [5, 5.41) is 0. The summed E-state index contributed by atoms with van der Waals surface area (Å²) in [5.74, 6) is -0.354. The van der Waals surface area contributed by atoms with Crippen LogP contribution in [0.3, 0.4) is 0 Å². The normalized spacial score (nSPS) is 12.2. The second kappa shape index (κ2) is 6.68. The maximum absolute atomic E-state index is 13.6. The Labute approximate surface area is 133 Å². The zero-order valence-electron chi connectivity index (χ0n) is 10.7. The molecule has 2 aromatic rings. The molecule has 0 aromatic heterocycles. The van der Waals surface area contributed by atoms with Crippen LogP contribution in [0.2, 0.25) is 0 Å². The van der Waals surface area contributed by atoms with Gasteiger partial charge < -0.3 is 4.74 Å². The fourth-order valence-electron chi connectivity index (χ4n) is 1.88. The third-order valence-corrected chi connectivity index (χ3v) is 4.42. The maximum atomic E-state index is 13.6. The molecule has 0 fully saturated rings. The second-order valence-corrected chi connectivity index (χ2v) is 6.26. The van der Waals surface area contributed by atoms with Gasteiger partial charge in [-0.1, -0.05) is 28.1 Å². The van der Waals surface area contributed by atoms with Crippen LogP contribution in [0.4, 0.5) is 8.78 Å². The van der Waals surface area contributed by atoms with Crippen molar-refractivity contribution < 1.29 is 13.5 Å². The molecule has 0 radical (unpaired) electrons. The van der Waals surface area contributed by atoms with Gasteiger partial charge in [0.25, 0.3) is 0 Å². The predicted octanol–water partition coefficient (Wildman–Crippen LogP) is 5.41. The highest BCUT2D eigenvalue weighted by molar-refractivity contribution is 9.10. The van der Waals surface area contributed by atoms with Gasteiger partial charge in [0.15, 0.2) is 0 Å². The van der Waals surface area contributed by atoms with E-state index >= 15 is 0 Å². The fourth-order valence-corrected chi connectivity index (χ4v) is 3.07. The van der Waals surface area contributed by atoms with Crippen molar-refractivity contribution in [1.82, 2.24) is 0 Å². The molecule has 0 aliphatic carbocycles. The van der Waals surface area contributed by atoms with Crippen molar-refractivity contribution in [2.24, 2.45) is 0 Å². The molecule has 20 heavy (non-hydrogen) atoms. The topological polar surface area (TPSA) is 9.23 Å². The van der Waals surface area contributed by atoms with Gasteiger partial charge in [0.1, 0.15) is 17.4 Å². The lowest BCUT2D eigenvalue weighted by atomic mass is 10.0. The molecule has 1 unspecified atom stereocenters. The van der Waals surface area contributed by atoms with Crippen LogP contribution in [0.5, 0.6) is 5.75 Å². The summed E-state index contributed by atoms with van der Waals surface area (Å²) in [7, 11) is 1.60. The summed E-state index contributed by atoms with van der Waals surface area (Å²) in [4.78, 5) is -0.0651. The molecule has 2 aromatic carbocycles. The van der Waals surface area contributed by atoms with Gasteiger partial charge in [-0.3, -0.25) is 0 Å². The van der Waals surface area contributed by atoms with Crippen molar-refractivity contribution in [3.63, 3.8) is 0 Å². The molecule has 0 spiro atoms. The van der Waals surface area contributed by atoms with Gasteiger partial charge in [-0.05, 0) is 51.7 Å². The molecule has 0 aliphatic heterocycles. The van der Waals surface area contributed by atoms with E-state index in [0.717, 1.165) is 21.9 Å². The minimum atomic E-state index is -0.565. The first-order valence-corrected chi connectivity index (χ1v) is 7.63. The third kappa shape index (κ3) is 3.58. The molecule has 0 saturated carbocycles. The van der Waals surface area contributed by atoms with Crippen molar-refractivity contribution in [3.05, 3.63) is 63.6 Å². The van der Waals surface area contributed by atoms with Crippen LogP contribution >= 0.6 is 31.9 Å². The summed E-state index contributed by atoms with van der Waals surface area (Å²) in [6, 6.07) is 9.30. The number of hydrogen-bond donors (Lipinski definition) is 0. The van der Waals surface area contributed by atoms with Crippen LogP contribution in [0.15, 0.2) is 40.9 Å². The number of alkyl halides is 1. The molecule has 0 heterocycles. The lowest BCUT2D eigenvalue weighted by Crippen LogP contribution is -1.99. The molecule has 2 rings (SSSR count). The van der Waals surface area contributed by atoms with E-state index in [-0.39, 0.29) is 4.83 Å². The number of ether oxygens (including phenoxy) is 1. The first-order valence-electron chi connectivity index (χ1n) is 5.92. The average molecular weight is 406 g/mol. The van der Waals surface area contributed by atoms with E-state index < -0.39 is 11.6 Å². The zero-order valence-corrected chi connectivity index (χ0v) is 13.8. The molecule has 0 amide bonds. The standard InChI is InChI=1S/C15H12Br2F2O/c1-20-15-5-3-9(6-13(15)17)12(16)7-10-2-4-11(18)8-14(10)19/h2-6,8,12H,7H2,1H3. The monoisotopic (exact) mass is 404 g/mol. The third-order valence-electron chi connectivity index (χ3n) is 2.95. The van der Waals surface area contributed by atoms with Gasteiger partial charge in [-0.25, -0.2) is 8.78 Å². The molecule has 0 aliphatic rings. The summed E-state index contributed by atoms with van der Waals surface area (Å²) in [5.41, 5.74) is 1.46. The van der Waals surface area contributed by atoms with Gasteiger partial charge in [0, 0.05) is 10.9 Å². The quantitative estimate of drug-likeness (QED) is 0.617. The van der Waals surface area contributed by atoms with Gasteiger partial charge in [-0.15, -0.1) is 0 Å². The largest absolute Gasteiger partial charge is 0.496 e. The Morgan fingerprint density at radius 1 is 1.15 bits per heavy atom. The average Bonchev–Trinajstić information content (AvgIpc) is 2.41. The summed E-state index contributed by atoms with van der Waals surface area (Å²) in [6.07, 6.45) is 0.435. The van der Waals surface area contributed by atoms with Crippen molar-refractivity contribution in [3.8, 4) is 5.75 Å². The van der Waals surface area contributed by atoms with E-state index in [0.29, 0.717) is 12.0 Å². The van der Waals surface area contributed by atoms with E-state index in [1.807, 2.05) is 18.2 Å². The van der Waals surface area contributed by atoms with Crippen LogP contribution in [0.25, 0.3) is 0 Å². The minimum absolute atomic E-state index is 0.0651. The van der Waals surface area contributed by atoms with Crippen molar-refractivity contribution >= 4 is 31.9 Å². The van der Waals surface area contributed by atoms with Crippen LogP contribution in [0.1, 0.15) is 16.0 Å². The smallest absolute Gasteiger partial charge is 0.133 e. The molecular formula is C15H12Br2F2O. The Morgan fingerprint density at radius 2 is 1.90 bits per heavy atom. The minimum Gasteiger partial charge on any atom is -0.496 e. The number of hydrogen-bond acceptors (Lipinski definition) is 1. The van der Waals surface area contributed by atoms with Gasteiger partial charge in [-0.2, -0.15) is 0 Å². The molecule has 106 valence electrons. The predicted molar refractivity (Wildman–Crippen MR) is 82.4 cm³/mol. The van der Waals surface area contributed by atoms with E-state index in [1.165, 1.54) is 12.1 Å². The van der Waals surface area contributed by atoms with Gasteiger partial charge in [0.2, 0.25) is 0 Å². The Morgan fingerprint density at radius 3 is 2.50 bits per heavy atom. The molecule has 0 saturated heterocycles. The Hall–Kier alpha value is -0.940. The van der Waals surface area contributed by atoms with Crippen LogP contribution in [0, 0.1) is 11.6 Å². The highest BCUT2D eigenvalue weighted by atomic mass is 79.9. The van der Waals surface area contributed by atoms with E-state index in [4.69, 9.17) is 4.74 Å². The van der Waals surface area contributed by atoms with Gasteiger partial charge in [0.05, 0.1) is 11.6 Å². The summed E-state index contributed by atoms with van der Waals surface area (Å²) >= 11 is 6.95.